The summed E-state index contributed by atoms with van der Waals surface area (Å²) in [7, 11) is 1.52. The Balaban J connectivity index is 2.04. The van der Waals surface area contributed by atoms with Gasteiger partial charge in [0.25, 0.3) is 5.69 Å². The Kier molecular flexibility index (Phi) is 6.05. The zero-order valence-electron chi connectivity index (χ0n) is 13.8. The van der Waals surface area contributed by atoms with Gasteiger partial charge in [-0.15, -0.1) is 0 Å². The zero-order valence-corrected chi connectivity index (χ0v) is 13.8. The van der Waals surface area contributed by atoms with Crippen molar-refractivity contribution in [2.24, 2.45) is 5.10 Å². The number of rotatable bonds is 7. The summed E-state index contributed by atoms with van der Waals surface area (Å²) in [5, 5.41) is 14.4. The number of carbonyl (C=O) groups is 1. The van der Waals surface area contributed by atoms with Crippen molar-refractivity contribution in [3.63, 3.8) is 0 Å². The molecule has 0 aliphatic heterocycles. The number of benzene rings is 2. The van der Waals surface area contributed by atoms with Crippen LogP contribution in [0.3, 0.4) is 0 Å². The minimum atomic E-state index is -0.449. The Labute approximate surface area is 144 Å². The summed E-state index contributed by atoms with van der Waals surface area (Å²) in [6.07, 6.45) is 1.49. The van der Waals surface area contributed by atoms with Crippen LogP contribution in [0.2, 0.25) is 0 Å². The fraction of sp³-hybridized carbons (Fsp3) is 0.176. The number of non-ortho nitro benzene ring substituents is 1. The summed E-state index contributed by atoms with van der Waals surface area (Å²) in [6.45, 7) is 1.61. The summed E-state index contributed by atoms with van der Waals surface area (Å²) in [5.41, 5.74) is 3.87. The second kappa shape index (κ2) is 8.44. The van der Waals surface area contributed by atoms with Crippen molar-refractivity contribution >= 4 is 17.8 Å². The quantitative estimate of drug-likeness (QED) is 0.473. The lowest BCUT2D eigenvalue weighted by molar-refractivity contribution is -0.384. The standard InChI is InChI=1S/C17H17N3O5/c1-12(21)19-18-10-14-5-8-16(17(9-14)24-2)25-11-13-3-6-15(7-4-13)20(22)23/h3-10H,11H2,1-2H3,(H,19,21)/b18-10-. The van der Waals surface area contributed by atoms with Crippen molar-refractivity contribution in [2.75, 3.05) is 7.11 Å². The van der Waals surface area contributed by atoms with E-state index in [4.69, 9.17) is 9.47 Å². The molecule has 0 bridgehead atoms. The van der Waals surface area contributed by atoms with E-state index in [2.05, 4.69) is 10.5 Å². The van der Waals surface area contributed by atoms with Crippen LogP contribution in [-0.4, -0.2) is 24.2 Å². The second-order valence-electron chi connectivity index (χ2n) is 5.05. The lowest BCUT2D eigenvalue weighted by Gasteiger charge is -2.11. The lowest BCUT2D eigenvalue weighted by Crippen LogP contribution is -2.12. The van der Waals surface area contributed by atoms with Crippen molar-refractivity contribution < 1.29 is 19.2 Å². The van der Waals surface area contributed by atoms with Gasteiger partial charge in [-0.25, -0.2) is 5.43 Å². The number of methoxy groups -OCH3 is 1. The first kappa shape index (κ1) is 17.9. The number of hydrazone groups is 1. The van der Waals surface area contributed by atoms with Gasteiger partial charge in [0.1, 0.15) is 6.61 Å². The highest BCUT2D eigenvalue weighted by Gasteiger charge is 2.07. The number of nitrogens with zero attached hydrogens (tertiary/aromatic N) is 2. The third-order valence-corrected chi connectivity index (χ3v) is 3.16. The molecule has 0 aliphatic carbocycles. The number of hydrogen-bond acceptors (Lipinski definition) is 6. The molecular weight excluding hydrogens is 326 g/mol. The van der Waals surface area contributed by atoms with Gasteiger partial charge in [0.05, 0.1) is 18.2 Å². The Hall–Kier alpha value is -3.42. The largest absolute Gasteiger partial charge is 0.493 e. The highest BCUT2D eigenvalue weighted by Crippen LogP contribution is 2.28. The molecule has 8 heteroatoms. The van der Waals surface area contributed by atoms with E-state index in [-0.39, 0.29) is 18.2 Å². The van der Waals surface area contributed by atoms with Gasteiger partial charge in [-0.3, -0.25) is 14.9 Å². The maximum atomic E-state index is 10.8. The van der Waals surface area contributed by atoms with Crippen molar-refractivity contribution in [1.29, 1.82) is 0 Å². The molecule has 0 aliphatic rings. The fourth-order valence-corrected chi connectivity index (χ4v) is 1.96. The SMILES string of the molecule is COc1cc(/C=N\NC(C)=O)ccc1OCc1ccc([N+](=O)[O-])cc1. The van der Waals surface area contributed by atoms with Gasteiger partial charge in [0, 0.05) is 19.1 Å². The van der Waals surface area contributed by atoms with Crippen molar-refractivity contribution in [1.82, 2.24) is 5.43 Å². The van der Waals surface area contributed by atoms with Crippen LogP contribution in [0.1, 0.15) is 18.1 Å². The van der Waals surface area contributed by atoms with E-state index in [0.29, 0.717) is 11.5 Å². The summed E-state index contributed by atoms with van der Waals surface area (Å²) in [6, 6.07) is 11.3. The van der Waals surface area contributed by atoms with Crippen molar-refractivity contribution in [3.05, 3.63) is 63.7 Å². The smallest absolute Gasteiger partial charge is 0.269 e. The summed E-state index contributed by atoms with van der Waals surface area (Å²) in [4.78, 5) is 21.0. The van der Waals surface area contributed by atoms with Crippen LogP contribution in [-0.2, 0) is 11.4 Å². The molecule has 2 rings (SSSR count). The molecule has 0 aromatic heterocycles. The molecule has 0 fully saturated rings. The number of nitro groups is 1. The molecule has 25 heavy (non-hydrogen) atoms. The summed E-state index contributed by atoms with van der Waals surface area (Å²) in [5.74, 6) is 0.775. The first-order valence-electron chi connectivity index (χ1n) is 7.33. The van der Waals surface area contributed by atoms with Crippen LogP contribution in [0.4, 0.5) is 5.69 Å². The lowest BCUT2D eigenvalue weighted by atomic mass is 10.2. The molecule has 1 amide bonds. The monoisotopic (exact) mass is 343 g/mol. The Morgan fingerprint density at radius 1 is 1.24 bits per heavy atom. The molecule has 2 aromatic rings. The molecule has 1 N–H and O–H groups in total. The van der Waals surface area contributed by atoms with Crippen molar-refractivity contribution in [2.45, 2.75) is 13.5 Å². The molecule has 0 saturated heterocycles. The maximum absolute atomic E-state index is 10.8. The second-order valence-corrected chi connectivity index (χ2v) is 5.05. The first-order chi connectivity index (χ1) is 12.0. The number of ether oxygens (including phenoxy) is 2. The average molecular weight is 343 g/mol. The van der Waals surface area contributed by atoms with E-state index < -0.39 is 4.92 Å². The molecule has 130 valence electrons. The number of nitro benzene ring substituents is 1. The Morgan fingerprint density at radius 2 is 1.96 bits per heavy atom. The van der Waals surface area contributed by atoms with Gasteiger partial charge in [0.15, 0.2) is 11.5 Å². The van der Waals surface area contributed by atoms with Crippen LogP contribution < -0.4 is 14.9 Å². The molecule has 0 radical (unpaired) electrons. The third kappa shape index (κ3) is 5.31. The van der Waals surface area contributed by atoms with Gasteiger partial charge in [-0.05, 0) is 41.5 Å². The predicted molar refractivity (Wildman–Crippen MR) is 91.8 cm³/mol. The van der Waals surface area contributed by atoms with E-state index >= 15 is 0 Å². The minimum absolute atomic E-state index is 0.0316. The van der Waals surface area contributed by atoms with Gasteiger partial charge < -0.3 is 9.47 Å². The highest BCUT2D eigenvalue weighted by molar-refractivity contribution is 5.82. The van der Waals surface area contributed by atoms with Crippen LogP contribution >= 0.6 is 0 Å². The van der Waals surface area contributed by atoms with Gasteiger partial charge in [-0.1, -0.05) is 0 Å². The summed E-state index contributed by atoms with van der Waals surface area (Å²) >= 11 is 0. The number of hydrogen-bond donors (Lipinski definition) is 1. The molecule has 0 unspecified atom stereocenters. The van der Waals surface area contributed by atoms with E-state index in [1.54, 1.807) is 30.3 Å². The fourth-order valence-electron chi connectivity index (χ4n) is 1.96. The average Bonchev–Trinajstić information content (AvgIpc) is 2.60. The van der Waals surface area contributed by atoms with E-state index in [1.165, 1.54) is 32.4 Å². The van der Waals surface area contributed by atoms with Gasteiger partial charge in [0.2, 0.25) is 5.91 Å². The highest BCUT2D eigenvalue weighted by atomic mass is 16.6. The molecule has 0 spiro atoms. The number of carbonyl (C=O) groups excluding carboxylic acids is 1. The predicted octanol–water partition coefficient (Wildman–Crippen LogP) is 2.65. The number of nitrogens with one attached hydrogen (secondary N) is 1. The Bertz CT molecular complexity index is 787. The third-order valence-electron chi connectivity index (χ3n) is 3.16. The van der Waals surface area contributed by atoms with Crippen LogP contribution in [0, 0.1) is 10.1 Å². The maximum Gasteiger partial charge on any atom is 0.269 e. The normalized spacial score (nSPS) is 10.5. The van der Waals surface area contributed by atoms with Gasteiger partial charge >= 0.3 is 0 Å². The first-order valence-corrected chi connectivity index (χ1v) is 7.33. The Morgan fingerprint density at radius 3 is 2.56 bits per heavy atom. The van der Waals surface area contributed by atoms with Crippen LogP contribution in [0.5, 0.6) is 11.5 Å². The topological polar surface area (TPSA) is 103 Å². The molecular formula is C17H17N3O5. The van der Waals surface area contributed by atoms with Crippen molar-refractivity contribution in [3.8, 4) is 11.5 Å². The molecule has 0 heterocycles. The van der Waals surface area contributed by atoms with Crippen LogP contribution in [0.15, 0.2) is 47.6 Å². The van der Waals surface area contributed by atoms with E-state index in [9.17, 15) is 14.9 Å². The molecule has 8 nitrogen and oxygen atoms in total. The van der Waals surface area contributed by atoms with Gasteiger partial charge in [-0.2, -0.15) is 5.10 Å². The van der Waals surface area contributed by atoms with E-state index in [1.807, 2.05) is 0 Å². The minimum Gasteiger partial charge on any atom is -0.493 e. The van der Waals surface area contributed by atoms with Crippen LogP contribution in [0.25, 0.3) is 0 Å². The number of amides is 1. The van der Waals surface area contributed by atoms with E-state index in [0.717, 1.165) is 11.1 Å². The zero-order chi connectivity index (χ0) is 18.2. The molecule has 2 aromatic carbocycles. The molecule has 0 atom stereocenters. The molecule has 0 saturated carbocycles. The summed E-state index contributed by atoms with van der Waals surface area (Å²) < 4.78 is 11.0.